The van der Waals surface area contributed by atoms with Gasteiger partial charge >= 0.3 is 0 Å². The van der Waals surface area contributed by atoms with Gasteiger partial charge in [0.2, 0.25) is 0 Å². The normalized spacial score (nSPS) is 10.3. The molecule has 1 N–H and O–H groups in total. The largest absolute Gasteiger partial charge is 0.494 e. The van der Waals surface area contributed by atoms with Crippen molar-refractivity contribution in [3.63, 3.8) is 0 Å². The van der Waals surface area contributed by atoms with Crippen LogP contribution < -0.4 is 4.74 Å². The van der Waals surface area contributed by atoms with Gasteiger partial charge in [-0.1, -0.05) is 25.8 Å². The average molecular weight is 208 g/mol. The Balaban J connectivity index is 2.47. The molecule has 1 rings (SSSR count). The first-order chi connectivity index (χ1) is 7.27. The first kappa shape index (κ1) is 12.1. The Hall–Kier alpha value is -1.02. The van der Waals surface area contributed by atoms with E-state index in [4.69, 9.17) is 9.84 Å². The van der Waals surface area contributed by atoms with Gasteiger partial charge in [0.1, 0.15) is 5.75 Å². The zero-order valence-corrected chi connectivity index (χ0v) is 9.62. The number of aliphatic hydroxyl groups is 1. The SMILES string of the molecule is CCCCCOc1ccc(C)c(CO)c1. The highest BCUT2D eigenvalue weighted by atomic mass is 16.5. The fourth-order valence-electron chi connectivity index (χ4n) is 1.45. The summed E-state index contributed by atoms with van der Waals surface area (Å²) < 4.78 is 5.59. The minimum Gasteiger partial charge on any atom is -0.494 e. The van der Waals surface area contributed by atoms with Crippen LogP contribution in [0.1, 0.15) is 37.3 Å². The minimum atomic E-state index is 0.0813. The molecule has 0 amide bonds. The van der Waals surface area contributed by atoms with Crippen LogP contribution in [-0.2, 0) is 6.61 Å². The van der Waals surface area contributed by atoms with Gasteiger partial charge in [0.15, 0.2) is 0 Å². The Morgan fingerprint density at radius 1 is 1.27 bits per heavy atom. The van der Waals surface area contributed by atoms with Crippen LogP contribution in [-0.4, -0.2) is 11.7 Å². The summed E-state index contributed by atoms with van der Waals surface area (Å²) in [4.78, 5) is 0. The van der Waals surface area contributed by atoms with E-state index in [1.807, 2.05) is 25.1 Å². The maximum Gasteiger partial charge on any atom is 0.119 e. The number of rotatable bonds is 6. The summed E-state index contributed by atoms with van der Waals surface area (Å²) in [7, 11) is 0. The number of unbranched alkanes of at least 4 members (excludes halogenated alkanes) is 2. The van der Waals surface area contributed by atoms with Crippen LogP contribution in [0, 0.1) is 6.92 Å². The third-order valence-electron chi connectivity index (χ3n) is 2.51. The van der Waals surface area contributed by atoms with Crippen LogP contribution in [0.3, 0.4) is 0 Å². The van der Waals surface area contributed by atoms with E-state index in [0.29, 0.717) is 0 Å². The first-order valence-corrected chi connectivity index (χ1v) is 5.61. The quantitative estimate of drug-likeness (QED) is 0.728. The van der Waals surface area contributed by atoms with Crippen molar-refractivity contribution in [1.29, 1.82) is 0 Å². The fourth-order valence-corrected chi connectivity index (χ4v) is 1.45. The first-order valence-electron chi connectivity index (χ1n) is 5.61. The highest BCUT2D eigenvalue weighted by Gasteiger charge is 1.99. The minimum absolute atomic E-state index is 0.0813. The van der Waals surface area contributed by atoms with E-state index in [1.54, 1.807) is 0 Å². The van der Waals surface area contributed by atoms with Crippen molar-refractivity contribution in [2.45, 2.75) is 39.7 Å². The lowest BCUT2D eigenvalue weighted by molar-refractivity contribution is 0.277. The van der Waals surface area contributed by atoms with Gasteiger partial charge in [-0.3, -0.25) is 0 Å². The van der Waals surface area contributed by atoms with Crippen molar-refractivity contribution in [2.75, 3.05) is 6.61 Å². The maximum atomic E-state index is 9.10. The van der Waals surface area contributed by atoms with E-state index in [2.05, 4.69) is 6.92 Å². The molecule has 0 aliphatic rings. The van der Waals surface area contributed by atoms with Crippen molar-refractivity contribution in [1.82, 2.24) is 0 Å². The van der Waals surface area contributed by atoms with Crippen LogP contribution in [0.4, 0.5) is 0 Å². The molecule has 0 radical (unpaired) electrons. The predicted molar refractivity (Wildman–Crippen MR) is 62.1 cm³/mol. The Bertz CT molecular complexity index is 295. The monoisotopic (exact) mass is 208 g/mol. The van der Waals surface area contributed by atoms with Crippen molar-refractivity contribution >= 4 is 0 Å². The zero-order valence-electron chi connectivity index (χ0n) is 9.62. The number of hydrogen-bond donors (Lipinski definition) is 1. The molecule has 0 aromatic heterocycles. The molecule has 0 unspecified atom stereocenters. The molecule has 2 heteroatoms. The van der Waals surface area contributed by atoms with Crippen LogP contribution in [0.15, 0.2) is 18.2 Å². The van der Waals surface area contributed by atoms with Crippen molar-refractivity contribution in [3.05, 3.63) is 29.3 Å². The zero-order chi connectivity index (χ0) is 11.1. The number of ether oxygens (including phenoxy) is 1. The molecule has 0 aliphatic carbocycles. The van der Waals surface area contributed by atoms with Crippen LogP contribution in [0.2, 0.25) is 0 Å². The number of benzene rings is 1. The van der Waals surface area contributed by atoms with E-state index < -0.39 is 0 Å². The van der Waals surface area contributed by atoms with Crippen molar-refractivity contribution in [3.8, 4) is 5.75 Å². The lowest BCUT2D eigenvalue weighted by Crippen LogP contribution is -1.98. The molecule has 0 fully saturated rings. The van der Waals surface area contributed by atoms with E-state index >= 15 is 0 Å². The standard InChI is InChI=1S/C13H20O2/c1-3-4-5-8-15-13-7-6-11(2)12(9-13)10-14/h6-7,9,14H,3-5,8,10H2,1-2H3. The fraction of sp³-hybridized carbons (Fsp3) is 0.538. The van der Waals surface area contributed by atoms with Gasteiger partial charge in [0.05, 0.1) is 13.2 Å². The molecule has 0 saturated carbocycles. The van der Waals surface area contributed by atoms with Gasteiger partial charge in [-0.05, 0) is 36.6 Å². The topological polar surface area (TPSA) is 29.5 Å². The van der Waals surface area contributed by atoms with E-state index in [0.717, 1.165) is 29.9 Å². The van der Waals surface area contributed by atoms with Gasteiger partial charge in [-0.25, -0.2) is 0 Å². The molecular weight excluding hydrogens is 188 g/mol. The highest BCUT2D eigenvalue weighted by Crippen LogP contribution is 2.17. The molecule has 1 aromatic rings. The summed E-state index contributed by atoms with van der Waals surface area (Å²) in [5.41, 5.74) is 2.06. The predicted octanol–water partition coefficient (Wildman–Crippen LogP) is 3.06. The molecule has 0 atom stereocenters. The number of aryl methyl sites for hydroxylation is 1. The second-order valence-electron chi connectivity index (χ2n) is 3.80. The molecule has 84 valence electrons. The summed E-state index contributed by atoms with van der Waals surface area (Å²) in [5, 5.41) is 9.10. The highest BCUT2D eigenvalue weighted by molar-refractivity contribution is 5.34. The summed E-state index contributed by atoms with van der Waals surface area (Å²) in [6, 6.07) is 5.86. The molecule has 0 spiro atoms. The van der Waals surface area contributed by atoms with Gasteiger partial charge < -0.3 is 9.84 Å². The van der Waals surface area contributed by atoms with Crippen LogP contribution in [0.5, 0.6) is 5.75 Å². The maximum absolute atomic E-state index is 9.10. The third kappa shape index (κ3) is 3.92. The van der Waals surface area contributed by atoms with Crippen LogP contribution in [0.25, 0.3) is 0 Å². The third-order valence-corrected chi connectivity index (χ3v) is 2.51. The molecule has 15 heavy (non-hydrogen) atoms. The Morgan fingerprint density at radius 2 is 2.07 bits per heavy atom. The average Bonchev–Trinajstić information content (AvgIpc) is 2.26. The molecule has 0 aliphatic heterocycles. The Morgan fingerprint density at radius 3 is 2.73 bits per heavy atom. The van der Waals surface area contributed by atoms with Crippen molar-refractivity contribution < 1.29 is 9.84 Å². The number of aliphatic hydroxyl groups excluding tert-OH is 1. The Labute approximate surface area is 91.9 Å². The van der Waals surface area contributed by atoms with Crippen molar-refractivity contribution in [2.24, 2.45) is 0 Å². The molecule has 0 bridgehead atoms. The molecule has 1 aromatic carbocycles. The lowest BCUT2D eigenvalue weighted by Gasteiger charge is -2.08. The van der Waals surface area contributed by atoms with Gasteiger partial charge in [-0.2, -0.15) is 0 Å². The van der Waals surface area contributed by atoms with E-state index in [-0.39, 0.29) is 6.61 Å². The summed E-state index contributed by atoms with van der Waals surface area (Å²) >= 11 is 0. The van der Waals surface area contributed by atoms with Gasteiger partial charge in [0.25, 0.3) is 0 Å². The lowest BCUT2D eigenvalue weighted by atomic mass is 10.1. The van der Waals surface area contributed by atoms with Crippen LogP contribution >= 0.6 is 0 Å². The molecule has 0 saturated heterocycles. The van der Waals surface area contributed by atoms with Gasteiger partial charge in [-0.15, -0.1) is 0 Å². The summed E-state index contributed by atoms with van der Waals surface area (Å²) in [6.45, 7) is 5.02. The van der Waals surface area contributed by atoms with E-state index in [9.17, 15) is 0 Å². The summed E-state index contributed by atoms with van der Waals surface area (Å²) in [6.07, 6.45) is 3.51. The molecule has 0 heterocycles. The second kappa shape index (κ2) is 6.46. The van der Waals surface area contributed by atoms with Gasteiger partial charge in [0, 0.05) is 0 Å². The molecular formula is C13H20O2. The Kier molecular flexibility index (Phi) is 5.19. The molecule has 2 nitrogen and oxygen atoms in total. The number of hydrogen-bond acceptors (Lipinski definition) is 2. The summed E-state index contributed by atoms with van der Waals surface area (Å²) in [5.74, 6) is 0.862. The second-order valence-corrected chi connectivity index (χ2v) is 3.80. The van der Waals surface area contributed by atoms with E-state index in [1.165, 1.54) is 12.8 Å². The smallest absolute Gasteiger partial charge is 0.119 e.